The Morgan fingerprint density at radius 1 is 1.07 bits per heavy atom. The van der Waals surface area contributed by atoms with E-state index in [1.165, 1.54) is 36.7 Å². The molecule has 0 unspecified atom stereocenters. The number of benzene rings is 2. The van der Waals surface area contributed by atoms with Gasteiger partial charge in [0, 0.05) is 30.8 Å². The van der Waals surface area contributed by atoms with E-state index in [-0.39, 0.29) is 17.0 Å². The number of piperidine rings is 1. The summed E-state index contributed by atoms with van der Waals surface area (Å²) < 4.78 is 51.7. The SMILES string of the molecule is COc1cc(NC(=O)c2ccc(F)c(S(=O)(=O)N3CCCCC3)c2)c(OC)cc1Cl. The van der Waals surface area contributed by atoms with Crippen molar-refractivity contribution in [2.75, 3.05) is 32.6 Å². The standard InChI is InChI=1S/C20H22ClFN2O5S/c1-28-17-12-16(18(29-2)11-14(17)21)23-20(25)13-6-7-15(22)19(10-13)30(26,27)24-8-4-3-5-9-24/h6-7,10-12H,3-5,8-9H2,1-2H3,(H,23,25). The second-order valence-corrected chi connectivity index (χ2v) is 9.06. The summed E-state index contributed by atoms with van der Waals surface area (Å²) >= 11 is 6.07. The highest BCUT2D eigenvalue weighted by Crippen LogP contribution is 2.36. The normalized spacial score (nSPS) is 14.9. The zero-order valence-electron chi connectivity index (χ0n) is 16.6. The predicted octanol–water partition coefficient (Wildman–Crippen LogP) is 3.92. The van der Waals surface area contributed by atoms with E-state index in [1.807, 2.05) is 0 Å². The molecule has 0 atom stereocenters. The van der Waals surface area contributed by atoms with Crippen LogP contribution in [0.2, 0.25) is 5.02 Å². The number of anilines is 1. The molecular weight excluding hydrogens is 435 g/mol. The maximum atomic E-state index is 14.4. The number of halogens is 2. The molecule has 0 saturated carbocycles. The number of hydrogen-bond donors (Lipinski definition) is 1. The fourth-order valence-corrected chi connectivity index (χ4v) is 5.08. The van der Waals surface area contributed by atoms with Gasteiger partial charge in [0.2, 0.25) is 10.0 Å². The Morgan fingerprint density at radius 2 is 1.73 bits per heavy atom. The Hall–Kier alpha value is -2.36. The molecular formula is C20H22ClFN2O5S. The quantitative estimate of drug-likeness (QED) is 0.712. The summed E-state index contributed by atoms with van der Waals surface area (Å²) in [5.74, 6) is -0.923. The van der Waals surface area contributed by atoms with Gasteiger partial charge in [-0.15, -0.1) is 0 Å². The Morgan fingerprint density at radius 3 is 2.37 bits per heavy atom. The lowest BCUT2D eigenvalue weighted by atomic mass is 10.2. The van der Waals surface area contributed by atoms with E-state index in [4.69, 9.17) is 21.1 Å². The molecule has 1 heterocycles. The molecule has 1 aliphatic heterocycles. The molecule has 30 heavy (non-hydrogen) atoms. The highest BCUT2D eigenvalue weighted by Gasteiger charge is 2.29. The molecule has 2 aromatic carbocycles. The van der Waals surface area contributed by atoms with Crippen molar-refractivity contribution in [3.05, 3.63) is 46.7 Å². The average Bonchev–Trinajstić information content (AvgIpc) is 2.75. The minimum absolute atomic E-state index is 0.0112. The van der Waals surface area contributed by atoms with Crippen LogP contribution in [0, 0.1) is 5.82 Å². The molecule has 0 aromatic heterocycles. The monoisotopic (exact) mass is 456 g/mol. The van der Waals surface area contributed by atoms with E-state index in [0.29, 0.717) is 23.9 Å². The van der Waals surface area contributed by atoms with Crippen molar-refractivity contribution in [3.8, 4) is 11.5 Å². The second-order valence-electron chi connectivity index (χ2n) is 6.75. The third-order valence-electron chi connectivity index (χ3n) is 4.85. The van der Waals surface area contributed by atoms with Crippen molar-refractivity contribution in [2.45, 2.75) is 24.2 Å². The Labute approximate surface area is 179 Å². The van der Waals surface area contributed by atoms with Crippen LogP contribution in [-0.4, -0.2) is 45.9 Å². The van der Waals surface area contributed by atoms with E-state index < -0.39 is 26.6 Å². The number of ether oxygens (including phenoxy) is 2. The lowest BCUT2D eigenvalue weighted by Gasteiger charge is -2.26. The van der Waals surface area contributed by atoms with Crippen LogP contribution in [0.1, 0.15) is 29.6 Å². The molecule has 1 aliphatic rings. The van der Waals surface area contributed by atoms with Crippen LogP contribution in [0.25, 0.3) is 0 Å². The van der Waals surface area contributed by atoms with Crippen LogP contribution in [-0.2, 0) is 10.0 Å². The minimum atomic E-state index is -4.03. The number of rotatable bonds is 6. The molecule has 10 heteroatoms. The molecule has 1 amide bonds. The molecule has 0 spiro atoms. The van der Waals surface area contributed by atoms with Crippen molar-refractivity contribution in [1.29, 1.82) is 0 Å². The highest BCUT2D eigenvalue weighted by molar-refractivity contribution is 7.89. The van der Waals surface area contributed by atoms with Gasteiger partial charge in [-0.05, 0) is 31.0 Å². The van der Waals surface area contributed by atoms with Gasteiger partial charge in [-0.2, -0.15) is 4.31 Å². The van der Waals surface area contributed by atoms with Crippen LogP contribution < -0.4 is 14.8 Å². The van der Waals surface area contributed by atoms with Crippen molar-refractivity contribution >= 4 is 33.2 Å². The van der Waals surface area contributed by atoms with E-state index in [0.717, 1.165) is 31.4 Å². The summed E-state index contributed by atoms with van der Waals surface area (Å²) in [6, 6.07) is 6.21. The molecule has 2 aromatic rings. The minimum Gasteiger partial charge on any atom is -0.495 e. The highest BCUT2D eigenvalue weighted by atomic mass is 35.5. The number of methoxy groups -OCH3 is 2. The number of carbonyl (C=O) groups is 1. The predicted molar refractivity (Wildman–Crippen MR) is 112 cm³/mol. The van der Waals surface area contributed by atoms with Crippen LogP contribution in [0.3, 0.4) is 0 Å². The molecule has 0 bridgehead atoms. The van der Waals surface area contributed by atoms with Gasteiger partial charge in [0.15, 0.2) is 0 Å². The lowest BCUT2D eigenvalue weighted by molar-refractivity contribution is 0.102. The van der Waals surface area contributed by atoms with Crippen LogP contribution in [0.4, 0.5) is 10.1 Å². The first-order valence-electron chi connectivity index (χ1n) is 9.30. The van der Waals surface area contributed by atoms with Crippen LogP contribution in [0.15, 0.2) is 35.2 Å². The number of amides is 1. The molecule has 7 nitrogen and oxygen atoms in total. The maximum absolute atomic E-state index is 14.4. The van der Waals surface area contributed by atoms with Crippen molar-refractivity contribution in [3.63, 3.8) is 0 Å². The van der Waals surface area contributed by atoms with Gasteiger partial charge in [0.05, 0.1) is 24.9 Å². The van der Waals surface area contributed by atoms with Gasteiger partial charge in [-0.1, -0.05) is 18.0 Å². The first-order chi connectivity index (χ1) is 14.3. The van der Waals surface area contributed by atoms with E-state index in [9.17, 15) is 17.6 Å². The zero-order valence-corrected chi connectivity index (χ0v) is 18.1. The van der Waals surface area contributed by atoms with Gasteiger partial charge in [0.1, 0.15) is 22.2 Å². The van der Waals surface area contributed by atoms with E-state index in [1.54, 1.807) is 0 Å². The summed E-state index contributed by atoms with van der Waals surface area (Å²) in [6.07, 6.45) is 2.38. The largest absolute Gasteiger partial charge is 0.495 e. The van der Waals surface area contributed by atoms with E-state index >= 15 is 0 Å². The Kier molecular flexibility index (Phi) is 6.84. The number of nitrogens with zero attached hydrogens (tertiary/aromatic N) is 1. The molecule has 162 valence electrons. The first kappa shape index (κ1) is 22.3. The summed E-state index contributed by atoms with van der Waals surface area (Å²) in [7, 11) is -1.20. The van der Waals surface area contributed by atoms with Crippen LogP contribution in [0.5, 0.6) is 11.5 Å². The molecule has 1 saturated heterocycles. The van der Waals surface area contributed by atoms with Crippen LogP contribution >= 0.6 is 11.6 Å². The maximum Gasteiger partial charge on any atom is 0.255 e. The number of hydrogen-bond acceptors (Lipinski definition) is 5. The molecule has 1 fully saturated rings. The third-order valence-corrected chi connectivity index (χ3v) is 7.06. The number of sulfonamides is 1. The summed E-state index contributed by atoms with van der Waals surface area (Å²) in [4.78, 5) is 12.2. The van der Waals surface area contributed by atoms with E-state index in [2.05, 4.69) is 5.32 Å². The zero-order chi connectivity index (χ0) is 21.9. The summed E-state index contributed by atoms with van der Waals surface area (Å²) in [6.45, 7) is 0.667. The van der Waals surface area contributed by atoms with Gasteiger partial charge in [0.25, 0.3) is 5.91 Å². The number of carbonyl (C=O) groups excluding carboxylic acids is 1. The summed E-state index contributed by atoms with van der Waals surface area (Å²) in [5, 5.41) is 2.92. The average molecular weight is 457 g/mol. The van der Waals surface area contributed by atoms with Crippen molar-refractivity contribution in [1.82, 2.24) is 4.31 Å². The van der Waals surface area contributed by atoms with Gasteiger partial charge >= 0.3 is 0 Å². The van der Waals surface area contributed by atoms with Gasteiger partial charge in [-0.3, -0.25) is 4.79 Å². The number of nitrogens with one attached hydrogen (secondary N) is 1. The molecule has 0 aliphatic carbocycles. The Balaban J connectivity index is 1.92. The topological polar surface area (TPSA) is 84.9 Å². The van der Waals surface area contributed by atoms with Crippen molar-refractivity contribution in [2.24, 2.45) is 0 Å². The fraction of sp³-hybridized carbons (Fsp3) is 0.350. The fourth-order valence-electron chi connectivity index (χ4n) is 3.24. The Bertz CT molecular complexity index is 1060. The van der Waals surface area contributed by atoms with Gasteiger partial charge < -0.3 is 14.8 Å². The second kappa shape index (κ2) is 9.20. The lowest BCUT2D eigenvalue weighted by Crippen LogP contribution is -2.36. The van der Waals surface area contributed by atoms with Crippen molar-refractivity contribution < 1.29 is 27.1 Å². The molecule has 0 radical (unpaired) electrons. The third kappa shape index (κ3) is 4.53. The molecule has 1 N–H and O–H groups in total. The van der Waals surface area contributed by atoms with Gasteiger partial charge in [-0.25, -0.2) is 12.8 Å². The smallest absolute Gasteiger partial charge is 0.255 e. The summed E-state index contributed by atoms with van der Waals surface area (Å²) in [5.41, 5.74) is 0.261. The molecule has 3 rings (SSSR count). The first-order valence-corrected chi connectivity index (χ1v) is 11.1.